The Balaban J connectivity index is 2.16. The maximum Gasteiger partial charge on any atom is 0.255 e. The highest BCUT2D eigenvalue weighted by molar-refractivity contribution is 6.06. The highest BCUT2D eigenvalue weighted by Gasteiger charge is 2.12. The van der Waals surface area contributed by atoms with E-state index in [0.717, 1.165) is 12.0 Å². The van der Waals surface area contributed by atoms with Crippen LogP contribution in [0.4, 0.5) is 10.1 Å². The van der Waals surface area contributed by atoms with Crippen molar-refractivity contribution >= 4 is 11.6 Å². The molecule has 1 N–H and O–H groups in total. The molecule has 0 atom stereocenters. The van der Waals surface area contributed by atoms with Gasteiger partial charge in [0.1, 0.15) is 5.82 Å². The van der Waals surface area contributed by atoms with Gasteiger partial charge >= 0.3 is 0 Å². The number of benzene rings is 1. The van der Waals surface area contributed by atoms with Gasteiger partial charge in [-0.2, -0.15) is 0 Å². The largest absolute Gasteiger partial charge is 0.322 e. The van der Waals surface area contributed by atoms with Crippen LogP contribution in [0.5, 0.6) is 0 Å². The van der Waals surface area contributed by atoms with Gasteiger partial charge in [-0.25, -0.2) is 4.39 Å². The molecule has 0 fully saturated rings. The maximum absolute atomic E-state index is 13.2. The quantitative estimate of drug-likeness (QED) is 0.792. The Morgan fingerprint density at radius 1 is 1.50 bits per heavy atom. The Hall–Kier alpha value is -2.34. The van der Waals surface area contributed by atoms with E-state index in [2.05, 4.69) is 11.2 Å². The summed E-state index contributed by atoms with van der Waals surface area (Å²) in [7, 11) is 0. The van der Waals surface area contributed by atoms with Crippen LogP contribution >= 0.6 is 0 Å². The van der Waals surface area contributed by atoms with Crippen LogP contribution in [-0.4, -0.2) is 5.91 Å². The van der Waals surface area contributed by atoms with E-state index in [-0.39, 0.29) is 11.5 Å². The second kappa shape index (κ2) is 4.89. The van der Waals surface area contributed by atoms with Gasteiger partial charge in [0.25, 0.3) is 5.91 Å². The summed E-state index contributed by atoms with van der Waals surface area (Å²) in [4.78, 5) is 11.9. The average molecular weight is 241 g/mol. The van der Waals surface area contributed by atoms with Crippen molar-refractivity contribution in [2.75, 3.05) is 5.32 Å². The monoisotopic (exact) mass is 241 g/mol. The first kappa shape index (κ1) is 12.1. The second-order valence-electron chi connectivity index (χ2n) is 4.15. The topological polar surface area (TPSA) is 29.1 Å². The molecule has 0 radical (unpaired) electrons. The van der Waals surface area contributed by atoms with Gasteiger partial charge in [-0.3, -0.25) is 4.79 Å². The molecule has 0 bridgehead atoms. The van der Waals surface area contributed by atoms with Gasteiger partial charge in [-0.15, -0.1) is 6.42 Å². The lowest BCUT2D eigenvalue weighted by Crippen LogP contribution is -2.12. The third kappa shape index (κ3) is 2.49. The van der Waals surface area contributed by atoms with Crippen LogP contribution < -0.4 is 5.32 Å². The fourth-order valence-corrected chi connectivity index (χ4v) is 1.73. The maximum atomic E-state index is 13.2. The van der Waals surface area contributed by atoms with Crippen LogP contribution in [0.2, 0.25) is 0 Å². The minimum absolute atomic E-state index is 0.139. The zero-order valence-electron chi connectivity index (χ0n) is 9.96. The second-order valence-corrected chi connectivity index (χ2v) is 4.15. The van der Waals surface area contributed by atoms with Crippen LogP contribution in [0.25, 0.3) is 0 Å². The molecule has 90 valence electrons. The van der Waals surface area contributed by atoms with Crippen LogP contribution in [0.1, 0.15) is 18.9 Å². The van der Waals surface area contributed by atoms with E-state index in [1.807, 2.05) is 19.1 Å². The van der Waals surface area contributed by atoms with Gasteiger partial charge < -0.3 is 5.32 Å². The van der Waals surface area contributed by atoms with Crippen molar-refractivity contribution in [1.82, 2.24) is 0 Å². The molecule has 1 amide bonds. The molecule has 2 rings (SSSR count). The van der Waals surface area contributed by atoms with E-state index in [9.17, 15) is 9.18 Å². The van der Waals surface area contributed by atoms with E-state index < -0.39 is 5.82 Å². The van der Waals surface area contributed by atoms with Crippen molar-refractivity contribution < 1.29 is 9.18 Å². The lowest BCUT2D eigenvalue weighted by molar-refractivity contribution is -0.112. The molecule has 0 aliphatic heterocycles. The Morgan fingerprint density at radius 2 is 2.28 bits per heavy atom. The van der Waals surface area contributed by atoms with Gasteiger partial charge in [0, 0.05) is 11.3 Å². The number of hydrogen-bond donors (Lipinski definition) is 1. The first-order valence-corrected chi connectivity index (χ1v) is 5.55. The first-order chi connectivity index (χ1) is 8.60. The fraction of sp³-hybridized carbons (Fsp3) is 0.133. The highest BCUT2D eigenvalue weighted by atomic mass is 19.1. The molecule has 1 aromatic carbocycles. The van der Waals surface area contributed by atoms with Gasteiger partial charge in [-0.05, 0) is 31.5 Å². The normalized spacial score (nSPS) is 13.6. The smallest absolute Gasteiger partial charge is 0.255 e. The lowest BCUT2D eigenvalue weighted by atomic mass is 10.2. The van der Waals surface area contributed by atoms with Gasteiger partial charge in [-0.1, -0.05) is 23.6 Å². The molecular formula is C15H12FNO. The molecule has 0 aromatic heterocycles. The van der Waals surface area contributed by atoms with Crippen molar-refractivity contribution in [1.29, 1.82) is 0 Å². The van der Waals surface area contributed by atoms with E-state index >= 15 is 0 Å². The Labute approximate surface area is 105 Å². The third-order valence-corrected chi connectivity index (χ3v) is 2.69. The number of carbonyl (C=O) groups is 1. The van der Waals surface area contributed by atoms with Crippen molar-refractivity contribution in [2.45, 2.75) is 13.3 Å². The number of allylic oxidation sites excluding steroid dienone is 2. The standard InChI is InChI=1S/C15H12FNO/c1-3-11-9-13(6-7-14(11)16)17-15(18)12-5-4-10(2)8-12/h1,5-9H,4H2,2H3,(H,17,18). The number of nitrogens with one attached hydrogen (secondary N) is 1. The first-order valence-electron chi connectivity index (χ1n) is 5.55. The molecule has 1 aliphatic rings. The number of terminal acetylenes is 1. The molecule has 0 saturated carbocycles. The van der Waals surface area contributed by atoms with E-state index in [1.54, 1.807) is 0 Å². The Morgan fingerprint density at radius 3 is 2.89 bits per heavy atom. The van der Waals surface area contributed by atoms with Crippen molar-refractivity contribution in [3.63, 3.8) is 0 Å². The minimum atomic E-state index is -0.466. The number of amides is 1. The number of carbonyl (C=O) groups excluding carboxylic acids is 1. The summed E-state index contributed by atoms with van der Waals surface area (Å²) in [6.07, 6.45) is 9.65. The molecule has 0 saturated heterocycles. The van der Waals surface area contributed by atoms with Crippen molar-refractivity contribution in [2.24, 2.45) is 0 Å². The summed E-state index contributed by atoms with van der Waals surface area (Å²) in [6, 6.07) is 4.17. The number of hydrogen-bond acceptors (Lipinski definition) is 1. The summed E-state index contributed by atoms with van der Waals surface area (Å²) in [5.41, 5.74) is 2.40. The fourth-order valence-electron chi connectivity index (χ4n) is 1.73. The minimum Gasteiger partial charge on any atom is -0.322 e. The zero-order valence-corrected chi connectivity index (χ0v) is 9.96. The summed E-state index contributed by atoms with van der Waals surface area (Å²) in [5.74, 6) is 1.56. The van der Waals surface area contributed by atoms with Crippen molar-refractivity contribution in [3.05, 3.63) is 52.9 Å². The number of halogens is 1. The predicted molar refractivity (Wildman–Crippen MR) is 69.4 cm³/mol. The SMILES string of the molecule is C#Cc1cc(NC(=O)C2=CCC(C)=C2)ccc1F. The van der Waals surface area contributed by atoms with Gasteiger partial charge in [0.2, 0.25) is 0 Å². The van der Waals surface area contributed by atoms with Crippen molar-refractivity contribution in [3.8, 4) is 12.3 Å². The lowest BCUT2D eigenvalue weighted by Gasteiger charge is -2.05. The van der Waals surface area contributed by atoms with E-state index in [4.69, 9.17) is 6.42 Å². The summed E-state index contributed by atoms with van der Waals surface area (Å²) >= 11 is 0. The van der Waals surface area contributed by atoms with Crippen LogP contribution in [-0.2, 0) is 4.79 Å². The van der Waals surface area contributed by atoms with Crippen LogP contribution in [0.3, 0.4) is 0 Å². The third-order valence-electron chi connectivity index (χ3n) is 2.69. The Kier molecular flexibility index (Phi) is 3.29. The van der Waals surface area contributed by atoms with Gasteiger partial charge in [0.15, 0.2) is 0 Å². The molecule has 1 aromatic rings. The number of anilines is 1. The van der Waals surface area contributed by atoms with Crippen LogP contribution in [0.15, 0.2) is 41.5 Å². The van der Waals surface area contributed by atoms with E-state index in [0.29, 0.717) is 11.3 Å². The average Bonchev–Trinajstić information content (AvgIpc) is 2.78. The van der Waals surface area contributed by atoms with E-state index in [1.165, 1.54) is 18.2 Å². The highest BCUT2D eigenvalue weighted by Crippen LogP contribution is 2.19. The van der Waals surface area contributed by atoms with Gasteiger partial charge in [0.05, 0.1) is 5.56 Å². The summed E-state index contributed by atoms with van der Waals surface area (Å²) in [6.45, 7) is 1.96. The molecule has 0 heterocycles. The number of rotatable bonds is 2. The molecule has 0 unspecified atom stereocenters. The molecule has 3 heteroatoms. The Bertz CT molecular complexity index is 605. The molecular weight excluding hydrogens is 229 g/mol. The zero-order chi connectivity index (χ0) is 13.1. The molecule has 2 nitrogen and oxygen atoms in total. The molecule has 18 heavy (non-hydrogen) atoms. The molecule has 1 aliphatic carbocycles. The molecule has 0 spiro atoms. The summed E-state index contributed by atoms with van der Waals surface area (Å²) < 4.78 is 13.2. The summed E-state index contributed by atoms with van der Waals surface area (Å²) in [5, 5.41) is 2.69. The van der Waals surface area contributed by atoms with Crippen LogP contribution in [0, 0.1) is 18.2 Å². The predicted octanol–water partition coefficient (Wildman–Crippen LogP) is 3.02.